The van der Waals surface area contributed by atoms with Crippen LogP contribution in [0.1, 0.15) is 5.56 Å². The Bertz CT molecular complexity index is 1000. The molecule has 0 nitrogen and oxygen atoms in total. The van der Waals surface area contributed by atoms with E-state index in [1.807, 2.05) is 18.2 Å². The first kappa shape index (κ1) is 18.0. The molecule has 0 bridgehead atoms. The van der Waals surface area contributed by atoms with E-state index in [-0.39, 0.29) is 0 Å². The summed E-state index contributed by atoms with van der Waals surface area (Å²) in [5, 5.41) is 5.00. The van der Waals surface area contributed by atoms with E-state index < -0.39 is 8.07 Å². The lowest BCUT2D eigenvalue weighted by atomic mass is 9.98. The smallest absolute Gasteiger partial charge is 0.125 e. The lowest BCUT2D eigenvalue weighted by Gasteiger charge is -2.21. The molecule has 0 aliphatic carbocycles. The number of allylic oxidation sites excluding steroid dienone is 3. The zero-order chi connectivity index (χ0) is 18.4. The van der Waals surface area contributed by atoms with E-state index in [2.05, 4.69) is 85.8 Å². The molecule has 0 saturated heterocycles. The molecule has 26 heavy (non-hydrogen) atoms. The van der Waals surface area contributed by atoms with Crippen molar-refractivity contribution in [2.24, 2.45) is 0 Å². The average Bonchev–Trinajstić information content (AvgIpc) is 2.67. The van der Waals surface area contributed by atoms with Crippen molar-refractivity contribution in [1.29, 1.82) is 0 Å². The van der Waals surface area contributed by atoms with Crippen molar-refractivity contribution in [3.05, 3.63) is 98.1 Å². The van der Waals surface area contributed by atoms with Gasteiger partial charge < -0.3 is 0 Å². The van der Waals surface area contributed by atoms with Gasteiger partial charge in [0.15, 0.2) is 0 Å². The third-order valence-electron chi connectivity index (χ3n) is 4.84. The molecular weight excluding hydrogens is 328 g/mol. The van der Waals surface area contributed by atoms with Gasteiger partial charge >= 0.3 is 0 Å². The maximum atomic E-state index is 3.95. The summed E-state index contributed by atoms with van der Waals surface area (Å²) in [6.07, 6.45) is 6.02. The van der Waals surface area contributed by atoms with E-state index in [0.29, 0.717) is 0 Å². The Morgan fingerprint density at radius 2 is 1.35 bits per heavy atom. The van der Waals surface area contributed by atoms with Crippen molar-refractivity contribution in [2.45, 2.75) is 18.1 Å². The van der Waals surface area contributed by atoms with Gasteiger partial charge in [-0.1, -0.05) is 72.7 Å². The van der Waals surface area contributed by atoms with Crippen molar-refractivity contribution >= 4 is 29.6 Å². The van der Waals surface area contributed by atoms with E-state index in [1.54, 1.807) is 0 Å². The van der Waals surface area contributed by atoms with E-state index >= 15 is 0 Å². The number of fused-ring (bicyclic) bond motifs is 3. The molecule has 0 spiro atoms. The van der Waals surface area contributed by atoms with Crippen molar-refractivity contribution < 1.29 is 0 Å². The van der Waals surface area contributed by atoms with Crippen molar-refractivity contribution in [3.8, 4) is 11.5 Å². The Labute approximate surface area is 157 Å². The Morgan fingerprint density at radius 1 is 0.731 bits per heavy atom. The summed E-state index contributed by atoms with van der Waals surface area (Å²) in [5.41, 5.74) is 4.79. The standard InChI is InChI=1S/C25H24Si/c1-4-17-26(18-5-2,19-6-3)20-16-23-12-9-11-22-15-14-21-10-7-8-13-24(21)25(22)23/h4-15H,1-3,17-19H2. The molecule has 0 radical (unpaired) electrons. The van der Waals surface area contributed by atoms with Crippen molar-refractivity contribution in [2.75, 3.05) is 0 Å². The zero-order valence-corrected chi connectivity index (χ0v) is 16.2. The highest BCUT2D eigenvalue weighted by molar-refractivity contribution is 6.88. The van der Waals surface area contributed by atoms with Crippen molar-refractivity contribution in [3.63, 3.8) is 0 Å². The minimum absolute atomic E-state index is 0.962. The Balaban J connectivity index is 2.21. The summed E-state index contributed by atoms with van der Waals surface area (Å²) in [4.78, 5) is 0. The predicted octanol–water partition coefficient (Wildman–Crippen LogP) is 6.89. The maximum Gasteiger partial charge on any atom is 0.149 e. The van der Waals surface area contributed by atoms with Crippen LogP contribution >= 0.6 is 0 Å². The van der Waals surface area contributed by atoms with Crippen LogP contribution in [0.5, 0.6) is 0 Å². The van der Waals surface area contributed by atoms with Crippen LogP contribution in [0.4, 0.5) is 0 Å². The van der Waals surface area contributed by atoms with Crippen LogP contribution < -0.4 is 0 Å². The monoisotopic (exact) mass is 352 g/mol. The average molecular weight is 353 g/mol. The van der Waals surface area contributed by atoms with Crippen molar-refractivity contribution in [1.82, 2.24) is 0 Å². The normalized spacial score (nSPS) is 10.9. The fourth-order valence-electron chi connectivity index (χ4n) is 3.60. The lowest BCUT2D eigenvalue weighted by molar-refractivity contribution is 1.40. The number of benzene rings is 3. The number of rotatable bonds is 6. The number of hydrogen-bond acceptors (Lipinski definition) is 0. The third kappa shape index (κ3) is 3.56. The summed E-state index contributed by atoms with van der Waals surface area (Å²) >= 11 is 0. The highest BCUT2D eigenvalue weighted by atomic mass is 28.3. The van der Waals surface area contributed by atoms with E-state index in [4.69, 9.17) is 0 Å². The molecule has 3 aromatic rings. The SMILES string of the molecule is C=CC[Si](C#Cc1cccc2ccc3ccccc3c12)(CC=C)CC=C. The Hall–Kier alpha value is -2.82. The topological polar surface area (TPSA) is 0 Å². The van der Waals surface area contributed by atoms with Gasteiger partial charge in [0.05, 0.1) is 0 Å². The molecule has 0 amide bonds. The molecule has 0 atom stereocenters. The Morgan fingerprint density at radius 3 is 2.04 bits per heavy atom. The quantitative estimate of drug-likeness (QED) is 0.196. The molecule has 0 heterocycles. The van der Waals surface area contributed by atoms with Gasteiger partial charge in [0, 0.05) is 10.9 Å². The molecule has 0 aliphatic rings. The lowest BCUT2D eigenvalue weighted by Crippen LogP contribution is -2.30. The molecular formula is C25H24Si. The van der Waals surface area contributed by atoms with E-state index in [0.717, 1.165) is 23.7 Å². The fraction of sp³-hybridized carbons (Fsp3) is 0.120. The molecule has 0 aromatic heterocycles. The summed E-state index contributed by atoms with van der Waals surface area (Å²) < 4.78 is 0. The molecule has 0 unspecified atom stereocenters. The molecule has 3 aromatic carbocycles. The van der Waals surface area contributed by atoms with Crippen LogP contribution in [0.15, 0.2) is 92.6 Å². The van der Waals surface area contributed by atoms with Gasteiger partial charge in [0.2, 0.25) is 0 Å². The third-order valence-corrected chi connectivity index (χ3v) is 8.70. The molecule has 0 aliphatic heterocycles. The van der Waals surface area contributed by atoms with Crippen LogP contribution in [0, 0.1) is 11.5 Å². The van der Waals surface area contributed by atoms with Gasteiger partial charge in [0.25, 0.3) is 0 Å². The second-order valence-electron chi connectivity index (χ2n) is 6.70. The highest BCUT2D eigenvalue weighted by Gasteiger charge is 2.27. The first-order valence-electron chi connectivity index (χ1n) is 8.99. The second-order valence-corrected chi connectivity index (χ2v) is 10.7. The summed E-state index contributed by atoms with van der Waals surface area (Å²) in [6, 6.07) is 22.2. The van der Waals surface area contributed by atoms with Crippen LogP contribution in [0.2, 0.25) is 18.1 Å². The molecule has 1 heteroatoms. The molecule has 128 valence electrons. The van der Waals surface area contributed by atoms with Gasteiger partial charge in [-0.15, -0.1) is 25.3 Å². The summed E-state index contributed by atoms with van der Waals surface area (Å²) in [7, 11) is -1.85. The predicted molar refractivity (Wildman–Crippen MR) is 119 cm³/mol. The van der Waals surface area contributed by atoms with Gasteiger partial charge in [-0.25, -0.2) is 0 Å². The molecule has 3 rings (SSSR count). The Kier molecular flexibility index (Phi) is 5.56. The first-order chi connectivity index (χ1) is 12.7. The fourth-order valence-corrected chi connectivity index (χ4v) is 6.46. The maximum absolute atomic E-state index is 3.95. The second kappa shape index (κ2) is 8.04. The van der Waals surface area contributed by atoms with Crippen LogP contribution in [-0.4, -0.2) is 8.07 Å². The largest absolute Gasteiger partial charge is 0.149 e. The molecule has 0 fully saturated rings. The zero-order valence-electron chi connectivity index (χ0n) is 15.2. The summed E-state index contributed by atoms with van der Waals surface area (Å²) in [5.74, 6) is 3.54. The van der Waals surface area contributed by atoms with Crippen LogP contribution in [-0.2, 0) is 0 Å². The minimum Gasteiger partial charge on any atom is -0.125 e. The summed E-state index contributed by atoms with van der Waals surface area (Å²) in [6.45, 7) is 11.9. The molecule has 0 saturated carbocycles. The van der Waals surface area contributed by atoms with E-state index in [9.17, 15) is 0 Å². The van der Waals surface area contributed by atoms with Crippen LogP contribution in [0.3, 0.4) is 0 Å². The van der Waals surface area contributed by atoms with Crippen LogP contribution in [0.25, 0.3) is 21.5 Å². The highest BCUT2D eigenvalue weighted by Crippen LogP contribution is 2.28. The minimum atomic E-state index is -1.85. The van der Waals surface area contributed by atoms with Gasteiger partial charge in [-0.2, -0.15) is 0 Å². The van der Waals surface area contributed by atoms with E-state index in [1.165, 1.54) is 21.5 Å². The van der Waals surface area contributed by atoms with Gasteiger partial charge in [-0.3, -0.25) is 0 Å². The number of hydrogen-bond donors (Lipinski definition) is 0. The first-order valence-corrected chi connectivity index (χ1v) is 11.6. The molecule has 0 N–H and O–H groups in total. The van der Waals surface area contributed by atoms with Gasteiger partial charge in [0.1, 0.15) is 8.07 Å². The van der Waals surface area contributed by atoms with Gasteiger partial charge in [-0.05, 0) is 40.4 Å².